The first-order chi connectivity index (χ1) is 7.15. The van der Waals surface area contributed by atoms with Gasteiger partial charge in [-0.05, 0) is 21.0 Å². The molecule has 0 aliphatic heterocycles. The van der Waals surface area contributed by atoms with E-state index in [1.807, 2.05) is 11.9 Å². The molecule has 0 radical (unpaired) electrons. The molecule has 0 aliphatic rings. The van der Waals surface area contributed by atoms with Crippen LogP contribution in [-0.4, -0.2) is 64.4 Å². The Morgan fingerprint density at radius 1 is 1.53 bits per heavy atom. The van der Waals surface area contributed by atoms with E-state index in [0.29, 0.717) is 19.8 Å². The Kier molecular flexibility index (Phi) is 8.27. The summed E-state index contributed by atoms with van der Waals surface area (Å²) in [5, 5.41) is 2.94. The molecule has 5 heteroatoms. The van der Waals surface area contributed by atoms with Crippen LogP contribution in [0.1, 0.15) is 6.92 Å². The summed E-state index contributed by atoms with van der Waals surface area (Å²) in [6.07, 6.45) is 0. The van der Waals surface area contributed by atoms with Crippen LogP contribution in [0.2, 0.25) is 0 Å². The summed E-state index contributed by atoms with van der Waals surface area (Å²) >= 11 is 0. The van der Waals surface area contributed by atoms with Gasteiger partial charge < -0.3 is 19.7 Å². The number of methoxy groups -OCH3 is 1. The topological polar surface area (TPSA) is 50.8 Å². The SMILES string of the molecule is CCOC(=O)C(CN(C)CCOC)NC. The number of hydrogen-bond acceptors (Lipinski definition) is 5. The highest BCUT2D eigenvalue weighted by Crippen LogP contribution is 1.93. The third-order valence-corrected chi connectivity index (χ3v) is 2.09. The van der Waals surface area contributed by atoms with Crippen LogP contribution in [-0.2, 0) is 14.3 Å². The molecule has 0 rings (SSSR count). The van der Waals surface area contributed by atoms with Crippen molar-refractivity contribution in [2.24, 2.45) is 0 Å². The Bertz CT molecular complexity index is 176. The second kappa shape index (κ2) is 8.64. The lowest BCUT2D eigenvalue weighted by atomic mass is 10.3. The number of rotatable bonds is 8. The van der Waals surface area contributed by atoms with Crippen LogP contribution in [0.25, 0.3) is 0 Å². The van der Waals surface area contributed by atoms with Crippen molar-refractivity contribution in [3.8, 4) is 0 Å². The van der Waals surface area contributed by atoms with Gasteiger partial charge in [0.15, 0.2) is 0 Å². The number of hydrogen-bond donors (Lipinski definition) is 1. The van der Waals surface area contributed by atoms with E-state index in [1.165, 1.54) is 0 Å². The van der Waals surface area contributed by atoms with Crippen LogP contribution in [0.3, 0.4) is 0 Å². The Balaban J connectivity index is 3.91. The van der Waals surface area contributed by atoms with Crippen molar-refractivity contribution >= 4 is 5.97 Å². The average Bonchev–Trinajstić information content (AvgIpc) is 2.23. The number of ether oxygens (including phenoxy) is 2. The maximum Gasteiger partial charge on any atom is 0.324 e. The molecule has 0 amide bonds. The quantitative estimate of drug-likeness (QED) is 0.568. The molecule has 0 bridgehead atoms. The van der Waals surface area contributed by atoms with Gasteiger partial charge in [-0.15, -0.1) is 0 Å². The van der Waals surface area contributed by atoms with E-state index >= 15 is 0 Å². The van der Waals surface area contributed by atoms with Gasteiger partial charge in [-0.25, -0.2) is 0 Å². The lowest BCUT2D eigenvalue weighted by molar-refractivity contribution is -0.146. The molecule has 90 valence electrons. The highest BCUT2D eigenvalue weighted by Gasteiger charge is 2.18. The Morgan fingerprint density at radius 2 is 2.20 bits per heavy atom. The Labute approximate surface area is 91.7 Å². The van der Waals surface area contributed by atoms with E-state index in [-0.39, 0.29) is 12.0 Å². The Hall–Kier alpha value is -0.650. The van der Waals surface area contributed by atoms with E-state index in [0.717, 1.165) is 6.54 Å². The van der Waals surface area contributed by atoms with Gasteiger partial charge in [0.05, 0.1) is 13.2 Å². The molecule has 5 nitrogen and oxygen atoms in total. The number of nitrogens with one attached hydrogen (secondary N) is 1. The molecule has 1 unspecified atom stereocenters. The van der Waals surface area contributed by atoms with Crippen LogP contribution in [0, 0.1) is 0 Å². The molecule has 1 atom stereocenters. The monoisotopic (exact) mass is 218 g/mol. The molecule has 15 heavy (non-hydrogen) atoms. The summed E-state index contributed by atoms with van der Waals surface area (Å²) in [6, 6.07) is -0.271. The van der Waals surface area contributed by atoms with Crippen LogP contribution >= 0.6 is 0 Å². The minimum absolute atomic E-state index is 0.204. The first-order valence-corrected chi connectivity index (χ1v) is 5.17. The van der Waals surface area contributed by atoms with Gasteiger partial charge in [-0.2, -0.15) is 0 Å². The van der Waals surface area contributed by atoms with Crippen LogP contribution in [0.15, 0.2) is 0 Å². The van der Waals surface area contributed by atoms with Gasteiger partial charge >= 0.3 is 5.97 Å². The molecule has 0 aromatic rings. The van der Waals surface area contributed by atoms with Crippen molar-refractivity contribution in [3.63, 3.8) is 0 Å². The van der Waals surface area contributed by atoms with Crippen LogP contribution < -0.4 is 5.32 Å². The summed E-state index contributed by atoms with van der Waals surface area (Å²) < 4.78 is 9.90. The maximum absolute atomic E-state index is 11.4. The molecule has 0 fully saturated rings. The molecule has 0 heterocycles. The summed E-state index contributed by atoms with van der Waals surface area (Å²) in [6.45, 7) is 4.31. The van der Waals surface area contributed by atoms with Crippen molar-refractivity contribution in [2.75, 3.05) is 47.5 Å². The lowest BCUT2D eigenvalue weighted by Gasteiger charge is -2.21. The van der Waals surface area contributed by atoms with Crippen molar-refractivity contribution in [1.29, 1.82) is 0 Å². The maximum atomic E-state index is 11.4. The van der Waals surface area contributed by atoms with E-state index in [1.54, 1.807) is 21.1 Å². The molecule has 0 saturated carbocycles. The molecular weight excluding hydrogens is 196 g/mol. The molecule has 0 aromatic heterocycles. The van der Waals surface area contributed by atoms with Crippen molar-refractivity contribution in [2.45, 2.75) is 13.0 Å². The van der Waals surface area contributed by atoms with E-state index in [2.05, 4.69) is 5.32 Å². The number of nitrogens with zero attached hydrogens (tertiary/aromatic N) is 1. The molecule has 0 saturated heterocycles. The highest BCUT2D eigenvalue weighted by molar-refractivity contribution is 5.76. The van der Waals surface area contributed by atoms with Crippen molar-refractivity contribution in [3.05, 3.63) is 0 Å². The number of carbonyl (C=O) groups excluding carboxylic acids is 1. The summed E-state index contributed by atoms with van der Waals surface area (Å²) in [7, 11) is 5.36. The standard InChI is InChI=1S/C10H22N2O3/c1-5-15-10(13)9(11-2)8-12(3)6-7-14-4/h9,11H,5-8H2,1-4H3. The fraction of sp³-hybridized carbons (Fsp3) is 0.900. The van der Waals surface area contributed by atoms with Gasteiger partial charge in [-0.1, -0.05) is 0 Å². The summed E-state index contributed by atoms with van der Waals surface area (Å²) in [5.41, 5.74) is 0. The average molecular weight is 218 g/mol. The molecular formula is C10H22N2O3. The minimum Gasteiger partial charge on any atom is -0.465 e. The third kappa shape index (κ3) is 6.43. The first-order valence-electron chi connectivity index (χ1n) is 5.17. The van der Waals surface area contributed by atoms with Gasteiger partial charge in [0, 0.05) is 20.2 Å². The number of carbonyl (C=O) groups is 1. The molecule has 1 N–H and O–H groups in total. The van der Waals surface area contributed by atoms with Gasteiger partial charge in [0.1, 0.15) is 6.04 Å². The van der Waals surface area contributed by atoms with Gasteiger partial charge in [-0.3, -0.25) is 4.79 Å². The van der Waals surface area contributed by atoms with E-state index in [9.17, 15) is 4.79 Å². The number of likely N-dealkylation sites (N-methyl/N-ethyl adjacent to an activating group) is 2. The zero-order valence-electron chi connectivity index (χ0n) is 10.1. The smallest absolute Gasteiger partial charge is 0.324 e. The van der Waals surface area contributed by atoms with E-state index < -0.39 is 0 Å². The zero-order valence-corrected chi connectivity index (χ0v) is 10.1. The summed E-state index contributed by atoms with van der Waals surface area (Å²) in [5.74, 6) is -0.204. The molecule has 0 aromatic carbocycles. The summed E-state index contributed by atoms with van der Waals surface area (Å²) in [4.78, 5) is 13.5. The zero-order chi connectivity index (χ0) is 11.7. The van der Waals surface area contributed by atoms with E-state index in [4.69, 9.17) is 9.47 Å². The van der Waals surface area contributed by atoms with Crippen molar-refractivity contribution < 1.29 is 14.3 Å². The van der Waals surface area contributed by atoms with Gasteiger partial charge in [0.25, 0.3) is 0 Å². The van der Waals surface area contributed by atoms with Crippen LogP contribution in [0.5, 0.6) is 0 Å². The third-order valence-electron chi connectivity index (χ3n) is 2.09. The second-order valence-corrected chi connectivity index (χ2v) is 3.35. The van der Waals surface area contributed by atoms with Gasteiger partial charge in [0.2, 0.25) is 0 Å². The Morgan fingerprint density at radius 3 is 2.67 bits per heavy atom. The van der Waals surface area contributed by atoms with Crippen molar-refractivity contribution in [1.82, 2.24) is 10.2 Å². The predicted molar refractivity (Wildman–Crippen MR) is 58.9 cm³/mol. The second-order valence-electron chi connectivity index (χ2n) is 3.35. The fourth-order valence-electron chi connectivity index (χ4n) is 1.18. The predicted octanol–water partition coefficient (Wildman–Crippen LogP) is -0.284. The number of esters is 1. The lowest BCUT2D eigenvalue weighted by Crippen LogP contribution is -2.45. The van der Waals surface area contributed by atoms with Crippen LogP contribution in [0.4, 0.5) is 0 Å². The highest BCUT2D eigenvalue weighted by atomic mass is 16.5. The fourth-order valence-corrected chi connectivity index (χ4v) is 1.18. The first kappa shape index (κ1) is 14.3. The largest absolute Gasteiger partial charge is 0.465 e. The molecule has 0 aliphatic carbocycles. The normalized spacial score (nSPS) is 12.9. The minimum atomic E-state index is -0.271. The molecule has 0 spiro atoms.